The van der Waals surface area contributed by atoms with Gasteiger partial charge in [-0.05, 0) is 100.0 Å². The number of pyridine rings is 2. The molecule has 2 heterocycles. The Labute approximate surface area is 323 Å². The fourth-order valence-electron chi connectivity index (χ4n) is 7.78. The van der Waals surface area contributed by atoms with Crippen molar-refractivity contribution in [3.8, 4) is 67.0 Å². The Morgan fingerprint density at radius 1 is 0.327 bits per heavy atom. The van der Waals surface area contributed by atoms with E-state index in [-0.39, 0.29) is 0 Å². The Morgan fingerprint density at radius 2 is 0.800 bits per heavy atom. The summed E-state index contributed by atoms with van der Waals surface area (Å²) in [6.07, 6.45) is 0. The summed E-state index contributed by atoms with van der Waals surface area (Å²) < 4.78 is 0. The molecule has 0 radical (unpaired) electrons. The van der Waals surface area contributed by atoms with Crippen molar-refractivity contribution >= 4 is 10.8 Å². The van der Waals surface area contributed by atoms with Crippen LogP contribution in [0.25, 0.3) is 77.8 Å². The van der Waals surface area contributed by atoms with Crippen LogP contribution in [0.2, 0.25) is 0 Å². The van der Waals surface area contributed by atoms with Gasteiger partial charge in [-0.3, -0.25) is 9.97 Å². The van der Waals surface area contributed by atoms with Crippen molar-refractivity contribution < 1.29 is 0 Å². The van der Waals surface area contributed by atoms with Gasteiger partial charge in [0.2, 0.25) is 0 Å². The van der Waals surface area contributed by atoms with Crippen molar-refractivity contribution in [2.75, 3.05) is 0 Å². The summed E-state index contributed by atoms with van der Waals surface area (Å²) >= 11 is 0. The van der Waals surface area contributed by atoms with Gasteiger partial charge < -0.3 is 0 Å². The zero-order chi connectivity index (χ0) is 37.2. The molecule has 0 bridgehead atoms. The second-order valence-corrected chi connectivity index (χ2v) is 14.6. The van der Waals surface area contributed by atoms with Crippen molar-refractivity contribution in [3.63, 3.8) is 0 Å². The maximum absolute atomic E-state index is 5.55. The molecule has 0 fully saturated rings. The van der Waals surface area contributed by atoms with Gasteiger partial charge in [0.15, 0.2) is 0 Å². The van der Waals surface area contributed by atoms with Gasteiger partial charge in [0.1, 0.15) is 0 Å². The van der Waals surface area contributed by atoms with Gasteiger partial charge in [-0.15, -0.1) is 0 Å². The minimum absolute atomic E-state index is 0.546. The molecule has 262 valence electrons. The first-order chi connectivity index (χ1) is 27.0. The Hall–Kier alpha value is -6.90. The monoisotopic (exact) mass is 704 g/mol. The fraction of sp³-hybridized carbons (Fsp3) is 0.0566. The molecule has 9 aromatic rings. The van der Waals surface area contributed by atoms with Crippen LogP contribution >= 0.6 is 0 Å². The van der Waals surface area contributed by atoms with E-state index in [4.69, 9.17) is 9.97 Å². The summed E-state index contributed by atoms with van der Waals surface area (Å²) in [6.45, 7) is 4.51. The quantitative estimate of drug-likeness (QED) is 0.157. The van der Waals surface area contributed by atoms with Crippen LogP contribution in [0.15, 0.2) is 206 Å². The fourth-order valence-corrected chi connectivity index (χ4v) is 7.78. The maximum Gasteiger partial charge on any atom is 0.0706 e. The van der Waals surface area contributed by atoms with E-state index >= 15 is 0 Å². The number of benzene rings is 7. The Morgan fingerprint density at radius 3 is 1.36 bits per heavy atom. The second-order valence-electron chi connectivity index (χ2n) is 14.6. The summed E-state index contributed by atoms with van der Waals surface area (Å²) in [5.74, 6) is 0. The van der Waals surface area contributed by atoms with Gasteiger partial charge in [0, 0.05) is 22.1 Å². The molecule has 2 aromatic heterocycles. The molecule has 0 aliphatic heterocycles. The lowest BCUT2D eigenvalue weighted by molar-refractivity contribution is 0.599. The van der Waals surface area contributed by atoms with Crippen LogP contribution in [0.1, 0.15) is 25.2 Å². The Bertz CT molecular complexity index is 2690. The Balaban J connectivity index is 1.28. The number of fused-ring (bicyclic) bond motifs is 1. The number of aromatic nitrogens is 2. The van der Waals surface area contributed by atoms with Crippen LogP contribution in [0, 0.1) is 0 Å². The van der Waals surface area contributed by atoms with Crippen molar-refractivity contribution in [3.05, 3.63) is 218 Å². The molecule has 0 aliphatic carbocycles. The van der Waals surface area contributed by atoms with Gasteiger partial charge in [-0.25, -0.2) is 0 Å². The number of rotatable bonds is 8. The number of hydrogen-bond donors (Lipinski definition) is 0. The lowest BCUT2D eigenvalue weighted by Gasteiger charge is -2.28. The molecule has 55 heavy (non-hydrogen) atoms. The van der Waals surface area contributed by atoms with E-state index in [1.54, 1.807) is 0 Å². The molecule has 2 heteroatoms. The van der Waals surface area contributed by atoms with Gasteiger partial charge in [-0.1, -0.05) is 170 Å². The van der Waals surface area contributed by atoms with Crippen molar-refractivity contribution in [1.29, 1.82) is 0 Å². The molecule has 0 atom stereocenters. The summed E-state index contributed by atoms with van der Waals surface area (Å²) in [5, 5.41) is 2.38. The zero-order valence-corrected chi connectivity index (χ0v) is 31.0. The van der Waals surface area contributed by atoms with Crippen molar-refractivity contribution in [1.82, 2.24) is 9.97 Å². The third kappa shape index (κ3) is 6.64. The summed E-state index contributed by atoms with van der Waals surface area (Å²) in [5.41, 5.74) is 14.8. The van der Waals surface area contributed by atoms with Crippen LogP contribution in [-0.4, -0.2) is 9.97 Å². The maximum atomic E-state index is 5.55. The SMILES string of the molecule is CC(C)(c1cccc(-c2ccccc2)n1)c1nc(-c2ccccc2)ccc1-c1cccc2cccc(-c3cc(-c4ccccc4)cc(-c4ccccc4)c3)c12. The highest BCUT2D eigenvalue weighted by atomic mass is 14.8. The predicted octanol–water partition coefficient (Wildman–Crippen LogP) is 14.0. The molecule has 7 aromatic carbocycles. The average molecular weight is 705 g/mol. The molecular formula is C53H40N2. The van der Waals surface area contributed by atoms with Crippen LogP contribution in [0.5, 0.6) is 0 Å². The average Bonchev–Trinajstić information content (AvgIpc) is 3.27. The first-order valence-electron chi connectivity index (χ1n) is 18.9. The standard InChI is InChI=1S/C53H40N2/c1-53(2,50-31-17-30-48(54-50)39-22-11-5-12-23-39)52-47(32-33-49(55-52)40-24-13-6-14-25-40)46-29-16-27-41-26-15-28-45(51(41)46)44-35-42(37-18-7-3-8-19-37)34-43(36-44)38-20-9-4-10-21-38/h3-36H,1-2H3. The predicted molar refractivity (Wildman–Crippen MR) is 231 cm³/mol. The second kappa shape index (κ2) is 14.5. The zero-order valence-electron chi connectivity index (χ0n) is 31.0. The molecule has 0 spiro atoms. The molecule has 0 aliphatic rings. The lowest BCUT2D eigenvalue weighted by atomic mass is 9.79. The highest BCUT2D eigenvalue weighted by molar-refractivity contribution is 6.07. The van der Waals surface area contributed by atoms with Gasteiger partial charge in [-0.2, -0.15) is 0 Å². The van der Waals surface area contributed by atoms with Gasteiger partial charge >= 0.3 is 0 Å². The number of hydrogen-bond acceptors (Lipinski definition) is 2. The summed E-state index contributed by atoms with van der Waals surface area (Å²) in [7, 11) is 0. The van der Waals surface area contributed by atoms with Crippen LogP contribution < -0.4 is 0 Å². The van der Waals surface area contributed by atoms with Crippen molar-refractivity contribution in [2.24, 2.45) is 0 Å². The van der Waals surface area contributed by atoms with E-state index in [0.29, 0.717) is 0 Å². The molecule has 0 amide bonds. The first-order valence-corrected chi connectivity index (χ1v) is 18.9. The van der Waals surface area contributed by atoms with Gasteiger partial charge in [0.05, 0.1) is 22.8 Å². The molecular weight excluding hydrogens is 665 g/mol. The molecule has 0 saturated heterocycles. The van der Waals surface area contributed by atoms with Crippen LogP contribution in [-0.2, 0) is 5.41 Å². The minimum atomic E-state index is -0.546. The van der Waals surface area contributed by atoms with E-state index in [1.807, 2.05) is 6.07 Å². The third-order valence-corrected chi connectivity index (χ3v) is 10.7. The summed E-state index contributed by atoms with van der Waals surface area (Å²) in [4.78, 5) is 10.8. The summed E-state index contributed by atoms with van der Waals surface area (Å²) in [6, 6.07) is 73.4. The normalized spacial score (nSPS) is 11.5. The van der Waals surface area contributed by atoms with E-state index < -0.39 is 5.41 Å². The smallest absolute Gasteiger partial charge is 0.0706 e. The van der Waals surface area contributed by atoms with Crippen molar-refractivity contribution in [2.45, 2.75) is 19.3 Å². The van der Waals surface area contributed by atoms with E-state index in [0.717, 1.165) is 45.0 Å². The first kappa shape index (κ1) is 33.9. The lowest BCUT2D eigenvalue weighted by Crippen LogP contribution is -2.24. The van der Waals surface area contributed by atoms with Crippen LogP contribution in [0.3, 0.4) is 0 Å². The van der Waals surface area contributed by atoms with Crippen LogP contribution in [0.4, 0.5) is 0 Å². The number of nitrogens with zero attached hydrogens (tertiary/aromatic N) is 2. The molecule has 0 saturated carbocycles. The minimum Gasteiger partial charge on any atom is -0.252 e. The topological polar surface area (TPSA) is 25.8 Å². The van der Waals surface area contributed by atoms with E-state index in [1.165, 1.54) is 44.2 Å². The molecule has 0 unspecified atom stereocenters. The molecule has 2 nitrogen and oxygen atoms in total. The van der Waals surface area contributed by atoms with E-state index in [2.05, 4.69) is 214 Å². The molecule has 9 rings (SSSR count). The third-order valence-electron chi connectivity index (χ3n) is 10.7. The molecule has 0 N–H and O–H groups in total. The largest absolute Gasteiger partial charge is 0.252 e. The highest BCUT2D eigenvalue weighted by Crippen LogP contribution is 2.44. The Kier molecular flexibility index (Phi) is 8.94. The van der Waals surface area contributed by atoms with Gasteiger partial charge in [0.25, 0.3) is 0 Å². The van der Waals surface area contributed by atoms with E-state index in [9.17, 15) is 0 Å². The highest BCUT2D eigenvalue weighted by Gasteiger charge is 2.31.